The number of H-pyrrole nitrogens is 1. The number of aromatic amines is 1. The van der Waals surface area contributed by atoms with Gasteiger partial charge in [0.2, 0.25) is 0 Å². The first-order valence-corrected chi connectivity index (χ1v) is 11.7. The summed E-state index contributed by atoms with van der Waals surface area (Å²) in [4.78, 5) is 34.5. The van der Waals surface area contributed by atoms with Crippen molar-refractivity contribution in [3.63, 3.8) is 0 Å². The second kappa shape index (κ2) is 8.75. The van der Waals surface area contributed by atoms with Crippen molar-refractivity contribution in [2.75, 3.05) is 0 Å². The number of nitriles is 1. The summed E-state index contributed by atoms with van der Waals surface area (Å²) in [6.45, 7) is 0. The predicted octanol–water partition coefficient (Wildman–Crippen LogP) is 5.07. The third kappa shape index (κ3) is 4.00. The second-order valence-corrected chi connectivity index (χ2v) is 9.20. The molecule has 33 heavy (non-hydrogen) atoms. The molecule has 0 fully saturated rings. The fraction of sp³-hybridized carbons (Fsp3) is 0.280. The van der Waals surface area contributed by atoms with Gasteiger partial charge in [0.25, 0.3) is 5.56 Å². The summed E-state index contributed by atoms with van der Waals surface area (Å²) in [5, 5.41) is 10.3. The maximum Gasteiger partial charge on any atom is 0.259 e. The van der Waals surface area contributed by atoms with E-state index in [-0.39, 0.29) is 35.8 Å². The van der Waals surface area contributed by atoms with E-state index in [1.165, 1.54) is 22.3 Å². The normalized spacial score (nSPS) is 14.1. The van der Waals surface area contributed by atoms with Gasteiger partial charge in [0.1, 0.15) is 28.0 Å². The molecule has 0 aliphatic heterocycles. The fourth-order valence-corrected chi connectivity index (χ4v) is 5.58. The minimum absolute atomic E-state index is 0.0329. The van der Waals surface area contributed by atoms with Crippen molar-refractivity contribution in [1.29, 1.82) is 5.26 Å². The molecule has 0 saturated carbocycles. The molecule has 3 heterocycles. The van der Waals surface area contributed by atoms with Crippen molar-refractivity contribution in [3.8, 4) is 17.4 Å². The van der Waals surface area contributed by atoms with Crippen LogP contribution in [0.1, 0.15) is 47.2 Å². The number of aryl methyl sites for hydroxylation is 3. The van der Waals surface area contributed by atoms with Crippen LogP contribution in [-0.2, 0) is 24.1 Å². The standard InChI is InChI=1S/C25H20FN3O3S/c26-18-7-3-1-5-15(18)20-12-10-14(32-20)9-11-19(30)17(13-27)23-28-24(31)22-16-6-2-4-8-21(16)33-25(22)29-23/h1,3,5,7,10,12,17H,2,4,6,8-9,11H2,(H,28,29,31). The highest BCUT2D eigenvalue weighted by atomic mass is 32.1. The highest BCUT2D eigenvalue weighted by molar-refractivity contribution is 7.18. The largest absolute Gasteiger partial charge is 0.461 e. The summed E-state index contributed by atoms with van der Waals surface area (Å²) < 4.78 is 19.7. The molecule has 166 valence electrons. The topological polar surface area (TPSA) is 99.8 Å². The number of nitrogens with one attached hydrogen (secondary N) is 1. The smallest absolute Gasteiger partial charge is 0.259 e. The van der Waals surface area contributed by atoms with Crippen molar-refractivity contribution in [2.24, 2.45) is 0 Å². The predicted molar refractivity (Wildman–Crippen MR) is 123 cm³/mol. The van der Waals surface area contributed by atoms with Crippen LogP contribution >= 0.6 is 11.3 Å². The molecule has 6 nitrogen and oxygen atoms in total. The number of aromatic nitrogens is 2. The molecule has 5 rings (SSSR count). The van der Waals surface area contributed by atoms with Gasteiger partial charge < -0.3 is 9.40 Å². The number of Topliss-reactive ketones (excluding diaryl/α,β-unsaturated/α-hetero) is 1. The van der Waals surface area contributed by atoms with Crippen LogP contribution in [-0.4, -0.2) is 15.8 Å². The zero-order valence-electron chi connectivity index (χ0n) is 17.7. The minimum Gasteiger partial charge on any atom is -0.461 e. The van der Waals surface area contributed by atoms with Crippen LogP contribution in [0.25, 0.3) is 21.5 Å². The van der Waals surface area contributed by atoms with Crippen molar-refractivity contribution in [3.05, 3.63) is 74.6 Å². The number of fused-ring (bicyclic) bond motifs is 3. The molecular formula is C25H20FN3O3S. The van der Waals surface area contributed by atoms with E-state index in [4.69, 9.17) is 4.42 Å². The lowest BCUT2D eigenvalue weighted by atomic mass is 9.97. The van der Waals surface area contributed by atoms with E-state index in [0.29, 0.717) is 27.3 Å². The first-order valence-electron chi connectivity index (χ1n) is 10.9. The molecule has 1 aliphatic rings. The van der Waals surface area contributed by atoms with Crippen LogP contribution in [0.2, 0.25) is 0 Å². The maximum atomic E-state index is 14.0. The molecule has 0 amide bonds. The number of halogens is 1. The Bertz CT molecular complexity index is 1460. The molecule has 0 spiro atoms. The molecule has 0 bridgehead atoms. The summed E-state index contributed by atoms with van der Waals surface area (Å²) in [5.74, 6) is -0.927. The van der Waals surface area contributed by atoms with Crippen LogP contribution in [0.15, 0.2) is 45.6 Å². The molecule has 1 unspecified atom stereocenters. The van der Waals surface area contributed by atoms with Crippen molar-refractivity contribution in [2.45, 2.75) is 44.4 Å². The van der Waals surface area contributed by atoms with Gasteiger partial charge in [0.15, 0.2) is 11.7 Å². The number of carbonyl (C=O) groups is 1. The SMILES string of the molecule is N#CC(C(=O)CCc1ccc(-c2ccccc2F)o1)c1nc2sc3c(c2c(=O)[nH]1)CCCC3. The first kappa shape index (κ1) is 21.3. The minimum atomic E-state index is -1.16. The highest BCUT2D eigenvalue weighted by Crippen LogP contribution is 2.34. The average molecular weight is 462 g/mol. The Morgan fingerprint density at radius 3 is 2.88 bits per heavy atom. The van der Waals surface area contributed by atoms with Gasteiger partial charge in [-0.05, 0) is 55.5 Å². The molecule has 1 aromatic carbocycles. The molecular weight excluding hydrogens is 441 g/mol. The number of carbonyl (C=O) groups excluding carboxylic acids is 1. The van der Waals surface area contributed by atoms with E-state index in [1.54, 1.807) is 30.3 Å². The van der Waals surface area contributed by atoms with E-state index < -0.39 is 5.92 Å². The van der Waals surface area contributed by atoms with E-state index in [1.807, 2.05) is 6.07 Å². The number of thiophene rings is 1. The maximum absolute atomic E-state index is 14.0. The van der Waals surface area contributed by atoms with E-state index in [9.17, 15) is 19.2 Å². The van der Waals surface area contributed by atoms with Crippen LogP contribution in [0.5, 0.6) is 0 Å². The number of benzene rings is 1. The Morgan fingerprint density at radius 2 is 2.06 bits per heavy atom. The molecule has 3 aromatic heterocycles. The van der Waals surface area contributed by atoms with Crippen LogP contribution in [0.3, 0.4) is 0 Å². The molecule has 8 heteroatoms. The van der Waals surface area contributed by atoms with Crippen LogP contribution in [0, 0.1) is 17.1 Å². The summed E-state index contributed by atoms with van der Waals surface area (Å²) in [5.41, 5.74) is 1.12. The van der Waals surface area contributed by atoms with E-state index in [2.05, 4.69) is 9.97 Å². The Hall–Kier alpha value is -3.57. The monoisotopic (exact) mass is 461 g/mol. The Balaban J connectivity index is 1.34. The Kier molecular flexibility index (Phi) is 5.65. The summed E-state index contributed by atoms with van der Waals surface area (Å²) >= 11 is 1.48. The second-order valence-electron chi connectivity index (χ2n) is 8.12. The summed E-state index contributed by atoms with van der Waals surface area (Å²) in [6.07, 6.45) is 4.22. The molecule has 0 saturated heterocycles. The number of furan rings is 1. The van der Waals surface area contributed by atoms with Gasteiger partial charge in [-0.2, -0.15) is 5.26 Å². The molecule has 1 atom stereocenters. The average Bonchev–Trinajstić information content (AvgIpc) is 3.43. The highest BCUT2D eigenvalue weighted by Gasteiger charge is 2.26. The Morgan fingerprint density at radius 1 is 1.24 bits per heavy atom. The van der Waals surface area contributed by atoms with Gasteiger partial charge in [-0.25, -0.2) is 9.37 Å². The first-order chi connectivity index (χ1) is 16.0. The van der Waals surface area contributed by atoms with Gasteiger partial charge in [0.05, 0.1) is 17.0 Å². The molecule has 4 aromatic rings. The third-order valence-electron chi connectivity index (χ3n) is 5.99. The van der Waals surface area contributed by atoms with Crippen molar-refractivity contribution >= 4 is 27.3 Å². The molecule has 1 N–H and O–H groups in total. The van der Waals surface area contributed by atoms with Gasteiger partial charge in [0, 0.05) is 17.7 Å². The van der Waals surface area contributed by atoms with Crippen molar-refractivity contribution < 1.29 is 13.6 Å². The van der Waals surface area contributed by atoms with Crippen molar-refractivity contribution in [1.82, 2.24) is 9.97 Å². The van der Waals surface area contributed by atoms with Gasteiger partial charge in [-0.15, -0.1) is 11.3 Å². The fourth-order valence-electron chi connectivity index (χ4n) is 4.31. The number of ketones is 1. The molecule has 1 aliphatic carbocycles. The summed E-state index contributed by atoms with van der Waals surface area (Å²) in [7, 11) is 0. The van der Waals surface area contributed by atoms with Crippen LogP contribution < -0.4 is 5.56 Å². The number of hydrogen-bond acceptors (Lipinski definition) is 6. The quantitative estimate of drug-likeness (QED) is 0.432. The molecule has 0 radical (unpaired) electrons. The van der Waals surface area contributed by atoms with Gasteiger partial charge in [-0.1, -0.05) is 12.1 Å². The number of nitrogens with zero attached hydrogens (tertiary/aromatic N) is 2. The lowest BCUT2D eigenvalue weighted by Crippen LogP contribution is -2.20. The van der Waals surface area contributed by atoms with Gasteiger partial charge in [-0.3, -0.25) is 9.59 Å². The summed E-state index contributed by atoms with van der Waals surface area (Å²) in [6, 6.07) is 11.6. The zero-order chi connectivity index (χ0) is 22.9. The lowest BCUT2D eigenvalue weighted by molar-refractivity contribution is -0.119. The Labute approximate surface area is 192 Å². The van der Waals surface area contributed by atoms with E-state index >= 15 is 0 Å². The van der Waals surface area contributed by atoms with Gasteiger partial charge >= 0.3 is 0 Å². The lowest BCUT2D eigenvalue weighted by Gasteiger charge is -2.10. The third-order valence-corrected chi connectivity index (χ3v) is 7.17. The number of hydrogen-bond donors (Lipinski definition) is 1. The van der Waals surface area contributed by atoms with E-state index in [0.717, 1.165) is 31.2 Å². The van der Waals surface area contributed by atoms with Crippen LogP contribution in [0.4, 0.5) is 4.39 Å². The zero-order valence-corrected chi connectivity index (χ0v) is 18.5. The number of rotatable bonds is 6.